The molecule has 3 N–H and O–H groups in total. The van der Waals surface area contributed by atoms with Gasteiger partial charge in [-0.05, 0) is 56.9 Å². The Hall–Kier alpha value is -3.49. The third-order valence-corrected chi connectivity index (χ3v) is 4.78. The third kappa shape index (κ3) is 7.00. The zero-order valence-electron chi connectivity index (χ0n) is 19.6. The van der Waals surface area contributed by atoms with Crippen molar-refractivity contribution in [3.8, 4) is 22.6 Å². The maximum atomic E-state index is 12.2. The number of rotatable bonds is 7. The van der Waals surface area contributed by atoms with Crippen LogP contribution in [0.5, 0.6) is 11.5 Å². The highest BCUT2D eigenvalue weighted by Crippen LogP contribution is 2.40. The van der Waals surface area contributed by atoms with Gasteiger partial charge in [0.2, 0.25) is 0 Å². The molecule has 0 fully saturated rings. The number of amides is 2. The summed E-state index contributed by atoms with van der Waals surface area (Å²) in [6.45, 7) is 10.2. The Morgan fingerprint density at radius 3 is 2.64 bits per heavy atom. The Morgan fingerprint density at radius 2 is 1.97 bits per heavy atom. The maximum Gasteiger partial charge on any atom is 0.410 e. The fourth-order valence-corrected chi connectivity index (χ4v) is 3.53. The molecule has 2 heterocycles. The van der Waals surface area contributed by atoms with Gasteiger partial charge in [-0.1, -0.05) is 13.8 Å². The van der Waals surface area contributed by atoms with E-state index in [1.54, 1.807) is 18.3 Å². The van der Waals surface area contributed by atoms with Crippen molar-refractivity contribution in [2.75, 3.05) is 11.9 Å². The van der Waals surface area contributed by atoms with E-state index in [4.69, 9.17) is 19.3 Å². The van der Waals surface area contributed by atoms with Gasteiger partial charge in [0.1, 0.15) is 36.1 Å². The molecule has 33 heavy (non-hydrogen) atoms. The van der Waals surface area contributed by atoms with E-state index in [1.807, 2.05) is 32.9 Å². The summed E-state index contributed by atoms with van der Waals surface area (Å²) in [7, 11) is 0. The molecule has 3 rings (SSSR count). The molecular formula is C24H31N3O6. The molecule has 0 spiro atoms. The number of nitrogens with zero attached hydrogens (tertiary/aromatic N) is 1. The SMILES string of the molecule is CC(C)C[C@@H](COc1ccc2c(c1)OCc1cnc(NC(=O)O)cc1-2)NC(=O)OC(C)(C)C. The van der Waals surface area contributed by atoms with Crippen LogP contribution in [-0.2, 0) is 11.3 Å². The zero-order chi connectivity index (χ0) is 24.2. The van der Waals surface area contributed by atoms with Crippen molar-refractivity contribution in [1.82, 2.24) is 10.3 Å². The highest BCUT2D eigenvalue weighted by atomic mass is 16.6. The van der Waals surface area contributed by atoms with E-state index in [1.165, 1.54) is 0 Å². The van der Waals surface area contributed by atoms with Crippen LogP contribution >= 0.6 is 0 Å². The highest BCUT2D eigenvalue weighted by molar-refractivity contribution is 5.84. The number of anilines is 1. The van der Waals surface area contributed by atoms with E-state index in [-0.39, 0.29) is 18.5 Å². The molecule has 2 amide bonds. The highest BCUT2D eigenvalue weighted by Gasteiger charge is 2.22. The number of carbonyl (C=O) groups is 2. The van der Waals surface area contributed by atoms with Gasteiger partial charge in [-0.25, -0.2) is 14.6 Å². The van der Waals surface area contributed by atoms with Crippen LogP contribution < -0.4 is 20.1 Å². The molecule has 0 saturated carbocycles. The van der Waals surface area contributed by atoms with Gasteiger partial charge in [0.15, 0.2) is 0 Å². The summed E-state index contributed by atoms with van der Waals surface area (Å²) in [5.74, 6) is 1.85. The second kappa shape index (κ2) is 9.97. The normalized spacial score (nSPS) is 13.3. The monoisotopic (exact) mass is 457 g/mol. The summed E-state index contributed by atoms with van der Waals surface area (Å²) < 4.78 is 17.2. The van der Waals surface area contributed by atoms with Crippen LogP contribution in [0, 0.1) is 5.92 Å². The molecule has 9 heteroatoms. The van der Waals surface area contributed by atoms with Crippen LogP contribution in [-0.4, -0.2) is 40.5 Å². The third-order valence-electron chi connectivity index (χ3n) is 4.78. The van der Waals surface area contributed by atoms with Crippen molar-refractivity contribution in [2.45, 2.75) is 59.3 Å². The number of hydrogen-bond donors (Lipinski definition) is 3. The molecule has 1 aromatic carbocycles. The number of ether oxygens (including phenoxy) is 3. The quantitative estimate of drug-likeness (QED) is 0.532. The van der Waals surface area contributed by atoms with Gasteiger partial charge in [-0.15, -0.1) is 0 Å². The molecule has 1 aliphatic rings. The predicted octanol–water partition coefficient (Wildman–Crippen LogP) is 5.05. The number of fused-ring (bicyclic) bond motifs is 3. The van der Waals surface area contributed by atoms with E-state index >= 15 is 0 Å². The number of pyridine rings is 1. The van der Waals surface area contributed by atoms with Crippen molar-refractivity contribution in [2.24, 2.45) is 5.92 Å². The molecule has 1 atom stereocenters. The van der Waals surface area contributed by atoms with Crippen molar-refractivity contribution < 1.29 is 28.9 Å². The van der Waals surface area contributed by atoms with Crippen molar-refractivity contribution in [3.05, 3.63) is 36.0 Å². The summed E-state index contributed by atoms with van der Waals surface area (Å²) in [5.41, 5.74) is 1.97. The molecule has 0 radical (unpaired) electrons. The first kappa shape index (κ1) is 24.2. The number of carbonyl (C=O) groups excluding carboxylic acids is 1. The second-order valence-corrected chi connectivity index (χ2v) is 9.39. The Kier molecular flexibility index (Phi) is 7.30. The summed E-state index contributed by atoms with van der Waals surface area (Å²) in [4.78, 5) is 27.2. The van der Waals surface area contributed by atoms with E-state index in [0.29, 0.717) is 24.0 Å². The van der Waals surface area contributed by atoms with Crippen molar-refractivity contribution in [3.63, 3.8) is 0 Å². The van der Waals surface area contributed by atoms with Gasteiger partial charge in [0.05, 0.1) is 6.04 Å². The maximum absolute atomic E-state index is 12.2. The standard InChI is InChI=1S/C24H31N3O6/c1-14(2)8-16(26-23(30)33-24(3,4)5)13-31-17-6-7-18-19-10-21(27-22(28)29)25-11-15(19)12-32-20(18)9-17/h6-7,9-11,14,16H,8,12-13H2,1-5H3,(H,25,27)(H,26,30)(H,28,29)/t16-/m0/s1. The lowest BCUT2D eigenvalue weighted by molar-refractivity contribution is 0.0480. The number of hydrogen-bond acceptors (Lipinski definition) is 6. The lowest BCUT2D eigenvalue weighted by Crippen LogP contribution is -2.42. The van der Waals surface area contributed by atoms with Gasteiger partial charge in [0.25, 0.3) is 0 Å². The molecule has 0 aliphatic carbocycles. The fourth-order valence-electron chi connectivity index (χ4n) is 3.53. The van der Waals surface area contributed by atoms with Crippen LogP contribution in [0.4, 0.5) is 15.4 Å². The predicted molar refractivity (Wildman–Crippen MR) is 124 cm³/mol. The molecule has 1 aliphatic heterocycles. The number of nitrogens with one attached hydrogen (secondary N) is 2. The topological polar surface area (TPSA) is 119 Å². The van der Waals surface area contributed by atoms with Crippen LogP contribution in [0.3, 0.4) is 0 Å². The van der Waals surface area contributed by atoms with Gasteiger partial charge in [-0.3, -0.25) is 5.32 Å². The van der Waals surface area contributed by atoms with E-state index in [9.17, 15) is 9.59 Å². The first-order chi connectivity index (χ1) is 15.5. The minimum absolute atomic E-state index is 0.215. The molecule has 2 aromatic rings. The van der Waals surface area contributed by atoms with E-state index in [2.05, 4.69) is 29.5 Å². The summed E-state index contributed by atoms with van der Waals surface area (Å²) in [6.07, 6.45) is 0.698. The minimum atomic E-state index is -1.17. The number of alkyl carbamates (subject to hydrolysis) is 1. The second-order valence-electron chi connectivity index (χ2n) is 9.39. The van der Waals surface area contributed by atoms with Crippen LogP contribution in [0.25, 0.3) is 11.1 Å². The van der Waals surface area contributed by atoms with E-state index < -0.39 is 17.8 Å². The molecular weight excluding hydrogens is 426 g/mol. The van der Waals surface area contributed by atoms with Gasteiger partial charge < -0.3 is 24.6 Å². The molecule has 0 unspecified atom stereocenters. The van der Waals surface area contributed by atoms with Gasteiger partial charge in [0, 0.05) is 23.4 Å². The molecule has 178 valence electrons. The van der Waals surface area contributed by atoms with E-state index in [0.717, 1.165) is 23.1 Å². The summed E-state index contributed by atoms with van der Waals surface area (Å²) >= 11 is 0. The average Bonchev–Trinajstić information content (AvgIpc) is 2.69. The lowest BCUT2D eigenvalue weighted by atomic mass is 9.98. The van der Waals surface area contributed by atoms with Crippen LogP contribution in [0.15, 0.2) is 30.5 Å². The Balaban J connectivity index is 1.71. The first-order valence-electron chi connectivity index (χ1n) is 10.9. The summed E-state index contributed by atoms with van der Waals surface area (Å²) in [5, 5.41) is 14.1. The minimum Gasteiger partial charge on any atom is -0.491 e. The number of carboxylic acid groups (broad SMARTS) is 1. The summed E-state index contributed by atoms with van der Waals surface area (Å²) in [6, 6.07) is 6.96. The van der Waals surface area contributed by atoms with Crippen LogP contribution in [0.1, 0.15) is 46.6 Å². The van der Waals surface area contributed by atoms with Crippen molar-refractivity contribution in [1.29, 1.82) is 0 Å². The lowest BCUT2D eigenvalue weighted by Gasteiger charge is -2.25. The number of benzene rings is 1. The average molecular weight is 458 g/mol. The molecule has 0 saturated heterocycles. The number of aromatic nitrogens is 1. The zero-order valence-corrected chi connectivity index (χ0v) is 19.6. The largest absolute Gasteiger partial charge is 0.491 e. The van der Waals surface area contributed by atoms with Gasteiger partial charge in [-0.2, -0.15) is 0 Å². The molecule has 1 aromatic heterocycles. The van der Waals surface area contributed by atoms with Crippen molar-refractivity contribution >= 4 is 18.0 Å². The first-order valence-corrected chi connectivity index (χ1v) is 10.9. The van der Waals surface area contributed by atoms with Crippen LogP contribution in [0.2, 0.25) is 0 Å². The van der Waals surface area contributed by atoms with Gasteiger partial charge >= 0.3 is 12.2 Å². The smallest absolute Gasteiger partial charge is 0.410 e. The Bertz CT molecular complexity index is 1020. The molecule has 0 bridgehead atoms. The Labute approximate surface area is 193 Å². The fraction of sp³-hybridized carbons (Fsp3) is 0.458. The Morgan fingerprint density at radius 1 is 1.21 bits per heavy atom. The molecule has 9 nitrogen and oxygen atoms in total.